The number of carbonyl (C=O) groups excluding carboxylic acids is 3. The first-order valence-electron chi connectivity index (χ1n) is 14.6. The van der Waals surface area contributed by atoms with Crippen LogP contribution >= 0.6 is 0 Å². The average molecular weight is 642 g/mol. The predicted molar refractivity (Wildman–Crippen MR) is 158 cm³/mol. The Labute approximate surface area is 261 Å². The molecule has 0 unspecified atom stereocenters. The third-order valence-corrected chi connectivity index (χ3v) is 7.09. The normalized spacial score (nSPS) is 16.7. The van der Waals surface area contributed by atoms with E-state index in [1.54, 1.807) is 34.1 Å². The SMILES string of the molecule is C=C(C)[C@H]1CCC(COC(C)=O)=C[C@@H]1c1c(O)cc(C(F)(F)C(=O)OCCCCCCO[N+](=O)[O-])cc1OC(=O)C[N+](C)(C)C. The summed E-state index contributed by atoms with van der Waals surface area (Å²) in [6.07, 6.45) is 4.44. The zero-order chi connectivity index (χ0) is 33.9. The highest BCUT2D eigenvalue weighted by Gasteiger charge is 2.45. The number of esters is 3. The molecule has 1 aromatic rings. The number of phenols is 1. The predicted octanol–water partition coefficient (Wildman–Crippen LogP) is 4.97. The average Bonchev–Trinajstić information content (AvgIpc) is 2.91. The van der Waals surface area contributed by atoms with Gasteiger partial charge < -0.3 is 28.6 Å². The maximum atomic E-state index is 15.4. The number of phenolic OH excluding ortho intramolecular Hbond substituents is 1. The van der Waals surface area contributed by atoms with E-state index in [2.05, 4.69) is 11.4 Å². The van der Waals surface area contributed by atoms with Crippen molar-refractivity contribution in [2.75, 3.05) is 47.5 Å². The van der Waals surface area contributed by atoms with E-state index in [0.717, 1.165) is 23.3 Å². The summed E-state index contributed by atoms with van der Waals surface area (Å²) in [6, 6.07) is 1.62. The van der Waals surface area contributed by atoms with E-state index < -0.39 is 46.1 Å². The Morgan fingerprint density at radius 2 is 1.73 bits per heavy atom. The van der Waals surface area contributed by atoms with Crippen LogP contribution in [0.25, 0.3) is 0 Å². The smallest absolute Gasteiger partial charge is 0.381 e. The van der Waals surface area contributed by atoms with E-state index in [1.807, 2.05) is 0 Å². The van der Waals surface area contributed by atoms with Gasteiger partial charge in [-0.2, -0.15) is 8.78 Å². The summed E-state index contributed by atoms with van der Waals surface area (Å²) in [5.74, 6) is -9.17. The van der Waals surface area contributed by atoms with Crippen molar-refractivity contribution in [3.05, 3.63) is 57.2 Å². The number of hydrogen-bond acceptors (Lipinski definition) is 10. The zero-order valence-corrected chi connectivity index (χ0v) is 26.4. The number of nitrogens with zero attached hydrogens (tertiary/aromatic N) is 2. The largest absolute Gasteiger partial charge is 0.507 e. The lowest BCUT2D eigenvalue weighted by Gasteiger charge is -2.33. The fraction of sp³-hybridized carbons (Fsp3) is 0.581. The Hall–Kier alpha value is -4.07. The van der Waals surface area contributed by atoms with Gasteiger partial charge in [-0.05, 0) is 62.7 Å². The number of quaternary nitrogens is 1. The van der Waals surface area contributed by atoms with Crippen LogP contribution in [0.3, 0.4) is 0 Å². The number of aromatic hydroxyl groups is 1. The lowest BCUT2D eigenvalue weighted by Crippen LogP contribution is -2.41. The highest BCUT2D eigenvalue weighted by atomic mass is 19.3. The quantitative estimate of drug-likeness (QED) is 0.0470. The Balaban J connectivity index is 2.40. The van der Waals surface area contributed by atoms with Crippen LogP contribution in [-0.2, 0) is 34.6 Å². The van der Waals surface area contributed by atoms with Crippen LogP contribution in [0.4, 0.5) is 8.78 Å². The molecule has 0 saturated heterocycles. The number of rotatable bonds is 17. The van der Waals surface area contributed by atoms with Gasteiger partial charge in [0.25, 0.3) is 5.09 Å². The van der Waals surface area contributed by atoms with Crippen LogP contribution in [0.15, 0.2) is 35.9 Å². The van der Waals surface area contributed by atoms with E-state index in [0.29, 0.717) is 32.1 Å². The van der Waals surface area contributed by atoms with Crippen molar-refractivity contribution in [1.29, 1.82) is 0 Å². The molecule has 2 rings (SSSR count). The number of hydrogen-bond donors (Lipinski definition) is 1. The molecule has 1 aliphatic rings. The lowest BCUT2D eigenvalue weighted by molar-refractivity contribution is -0.862. The Morgan fingerprint density at radius 3 is 2.31 bits per heavy atom. The zero-order valence-electron chi connectivity index (χ0n) is 26.4. The van der Waals surface area contributed by atoms with Crippen molar-refractivity contribution >= 4 is 17.9 Å². The van der Waals surface area contributed by atoms with Crippen LogP contribution < -0.4 is 4.74 Å². The third-order valence-electron chi connectivity index (χ3n) is 7.09. The van der Waals surface area contributed by atoms with Gasteiger partial charge in [0, 0.05) is 24.0 Å². The molecule has 45 heavy (non-hydrogen) atoms. The Kier molecular flexibility index (Phi) is 13.4. The fourth-order valence-corrected chi connectivity index (χ4v) is 4.95. The molecule has 0 spiro atoms. The van der Waals surface area contributed by atoms with Crippen LogP contribution in [0, 0.1) is 16.0 Å². The summed E-state index contributed by atoms with van der Waals surface area (Å²) in [4.78, 5) is 51.1. The number of halogens is 2. The first kappa shape index (κ1) is 37.1. The second kappa shape index (κ2) is 16.3. The van der Waals surface area contributed by atoms with Gasteiger partial charge in [-0.3, -0.25) is 4.79 Å². The molecule has 0 heterocycles. The van der Waals surface area contributed by atoms with E-state index >= 15 is 8.78 Å². The molecule has 0 bridgehead atoms. The molecular formula is C31H43F2N2O10+. The lowest BCUT2D eigenvalue weighted by atomic mass is 9.73. The maximum absolute atomic E-state index is 15.4. The number of unbranched alkanes of at least 4 members (excludes halogenated alkanes) is 3. The number of allylic oxidation sites excluding steroid dienone is 2. The summed E-state index contributed by atoms with van der Waals surface area (Å²) in [5.41, 5.74) is 0.616. The van der Waals surface area contributed by atoms with Crippen LogP contribution in [0.2, 0.25) is 0 Å². The second-order valence-corrected chi connectivity index (χ2v) is 12.1. The second-order valence-electron chi connectivity index (χ2n) is 12.1. The van der Waals surface area contributed by atoms with Crippen LogP contribution in [0.5, 0.6) is 11.5 Å². The standard InChI is InChI=1S/C31H42F2N2O10/c1-20(2)24-12-11-22(19-43-21(3)36)15-25(24)29-26(37)16-23(17-27(29)45-28(38)18-35(4,5)6)31(32,33)30(39)42-13-9-7-8-10-14-44-34(40)41/h15-17,24-25H,1,7-14,18-19H2,2-6H3/p+1/t24-,25+/m1/s1. The summed E-state index contributed by atoms with van der Waals surface area (Å²) >= 11 is 0. The summed E-state index contributed by atoms with van der Waals surface area (Å²) in [6.45, 7) is 6.58. The molecule has 0 radical (unpaired) electrons. The first-order chi connectivity index (χ1) is 20.9. The summed E-state index contributed by atoms with van der Waals surface area (Å²) in [5, 5.41) is 20.4. The highest BCUT2D eigenvalue weighted by molar-refractivity contribution is 5.81. The van der Waals surface area contributed by atoms with Gasteiger partial charge in [-0.25, -0.2) is 9.59 Å². The van der Waals surface area contributed by atoms with Gasteiger partial charge >= 0.3 is 23.8 Å². The molecular weight excluding hydrogens is 598 g/mol. The topological polar surface area (TPSA) is 152 Å². The van der Waals surface area contributed by atoms with Crippen molar-refractivity contribution in [3.63, 3.8) is 0 Å². The Bertz CT molecular complexity index is 1290. The number of carbonyl (C=O) groups is 3. The maximum Gasteiger partial charge on any atom is 0.381 e. The van der Waals surface area contributed by atoms with Crippen LogP contribution in [-0.4, -0.2) is 80.1 Å². The van der Waals surface area contributed by atoms with E-state index in [4.69, 9.17) is 14.2 Å². The fourth-order valence-electron chi connectivity index (χ4n) is 4.95. The molecule has 0 aliphatic heterocycles. The Morgan fingerprint density at radius 1 is 1.09 bits per heavy atom. The molecule has 1 aliphatic carbocycles. The molecule has 1 aromatic carbocycles. The van der Waals surface area contributed by atoms with Gasteiger partial charge in [-0.1, -0.05) is 24.6 Å². The van der Waals surface area contributed by atoms with E-state index in [-0.39, 0.29) is 54.5 Å². The van der Waals surface area contributed by atoms with Crippen molar-refractivity contribution in [2.45, 2.75) is 64.2 Å². The molecule has 12 nitrogen and oxygen atoms in total. The van der Waals surface area contributed by atoms with E-state index in [1.165, 1.54) is 6.92 Å². The van der Waals surface area contributed by atoms with Gasteiger partial charge in [0.2, 0.25) is 0 Å². The molecule has 0 fully saturated rings. The van der Waals surface area contributed by atoms with Gasteiger partial charge in [0.15, 0.2) is 6.54 Å². The summed E-state index contributed by atoms with van der Waals surface area (Å²) < 4.78 is 46.5. The van der Waals surface area contributed by atoms with Crippen molar-refractivity contribution in [2.24, 2.45) is 5.92 Å². The van der Waals surface area contributed by atoms with Gasteiger partial charge in [0.05, 0.1) is 34.4 Å². The number of likely N-dealkylation sites (N-methyl/N-ethyl adjacent to an activating group) is 1. The minimum Gasteiger partial charge on any atom is -0.507 e. The van der Waals surface area contributed by atoms with Crippen molar-refractivity contribution in [3.8, 4) is 11.5 Å². The van der Waals surface area contributed by atoms with Crippen molar-refractivity contribution in [1.82, 2.24) is 0 Å². The molecule has 250 valence electrons. The first-order valence-corrected chi connectivity index (χ1v) is 14.6. The van der Waals surface area contributed by atoms with Gasteiger partial charge in [-0.15, -0.1) is 10.1 Å². The number of benzene rings is 1. The summed E-state index contributed by atoms with van der Waals surface area (Å²) in [7, 11) is 5.22. The monoisotopic (exact) mass is 641 g/mol. The molecule has 14 heteroatoms. The van der Waals surface area contributed by atoms with E-state index in [9.17, 15) is 29.6 Å². The molecule has 2 atom stereocenters. The molecule has 0 saturated carbocycles. The molecule has 0 aromatic heterocycles. The molecule has 1 N–H and O–H groups in total. The number of ether oxygens (including phenoxy) is 3. The van der Waals surface area contributed by atoms with Crippen LogP contribution in [0.1, 0.15) is 69.4 Å². The van der Waals surface area contributed by atoms with Crippen molar-refractivity contribution < 1.29 is 56.9 Å². The van der Waals surface area contributed by atoms with Gasteiger partial charge in [0.1, 0.15) is 18.1 Å². The minimum atomic E-state index is -4.20. The third kappa shape index (κ3) is 11.7. The molecule has 0 amide bonds. The highest BCUT2D eigenvalue weighted by Crippen LogP contribution is 2.48. The minimum absolute atomic E-state index is 0.000782. The number of alkyl halides is 2.